The average molecular weight is 268 g/mol. The van der Waals surface area contributed by atoms with Gasteiger partial charge in [-0.25, -0.2) is 9.59 Å². The number of nitrogens with one attached hydrogen (secondary N) is 1. The number of hydrogen-bond acceptors (Lipinski definition) is 6. The molecule has 1 aromatic heterocycles. The highest BCUT2D eigenvalue weighted by molar-refractivity contribution is 5.56. The molecule has 1 saturated heterocycles. The lowest BCUT2D eigenvalue weighted by Crippen LogP contribution is -2.34. The number of aliphatic hydroxyl groups is 2. The molecule has 1 aliphatic rings. The van der Waals surface area contributed by atoms with Gasteiger partial charge in [-0.05, 0) is 6.92 Å². The van der Waals surface area contributed by atoms with Crippen molar-refractivity contribution in [2.45, 2.75) is 25.4 Å². The molecule has 3 N–H and O–H groups in total. The average Bonchev–Trinajstić information content (AvgIpc) is 2.70. The van der Waals surface area contributed by atoms with E-state index < -0.39 is 36.3 Å². The number of nitrogens with zero attached hydrogens (tertiary/aromatic N) is 1. The van der Waals surface area contributed by atoms with Gasteiger partial charge in [0.05, 0.1) is 12.2 Å². The molecule has 0 aromatic carbocycles. The number of H-pyrrole nitrogens is 1. The van der Waals surface area contributed by atoms with Crippen molar-refractivity contribution >= 4 is 5.94 Å². The van der Waals surface area contributed by atoms with E-state index in [1.807, 2.05) is 0 Å². The highest BCUT2D eigenvalue weighted by Gasteiger charge is 2.41. The van der Waals surface area contributed by atoms with E-state index in [1.165, 1.54) is 19.1 Å². The Hall–Kier alpha value is -1.99. The number of aryl methyl sites for hydroxylation is 1. The molecule has 2 rings (SSSR count). The van der Waals surface area contributed by atoms with Crippen LogP contribution in [0.4, 0.5) is 0 Å². The van der Waals surface area contributed by atoms with Gasteiger partial charge in [-0.3, -0.25) is 14.3 Å². The molecule has 2 heterocycles. The Bertz CT molecular complexity index is 654. The maximum atomic E-state index is 11.7. The molecular weight excluding hydrogens is 256 g/mol. The van der Waals surface area contributed by atoms with Gasteiger partial charge in [0.1, 0.15) is 18.1 Å². The lowest BCUT2D eigenvalue weighted by Gasteiger charge is -2.14. The second-order valence-electron chi connectivity index (χ2n) is 4.19. The number of hydrogen-bond donors (Lipinski definition) is 3. The molecule has 1 aliphatic heterocycles. The molecule has 0 saturated carbocycles. The first-order chi connectivity index (χ1) is 8.99. The molecule has 0 bridgehead atoms. The molecule has 0 radical (unpaired) electrons. The number of ether oxygens (including phenoxy) is 1. The lowest BCUT2D eigenvalue weighted by atomic mass is 10.1. The van der Waals surface area contributed by atoms with E-state index in [1.54, 1.807) is 0 Å². The van der Waals surface area contributed by atoms with Crippen LogP contribution in [0.1, 0.15) is 11.8 Å². The van der Waals surface area contributed by atoms with Crippen LogP contribution in [0.25, 0.3) is 0 Å². The van der Waals surface area contributed by atoms with Crippen molar-refractivity contribution in [2.24, 2.45) is 0 Å². The van der Waals surface area contributed by atoms with Gasteiger partial charge in [0, 0.05) is 11.8 Å². The van der Waals surface area contributed by atoms with Crippen molar-refractivity contribution in [3.63, 3.8) is 0 Å². The van der Waals surface area contributed by atoms with E-state index in [4.69, 9.17) is 9.84 Å². The fraction of sp³-hybridized carbons (Fsp3) is 0.455. The first-order valence-electron chi connectivity index (χ1n) is 5.51. The Balaban J connectivity index is 2.54. The number of aliphatic hydroxyl groups excluding tert-OH is 2. The molecule has 0 aliphatic carbocycles. The van der Waals surface area contributed by atoms with E-state index in [2.05, 4.69) is 4.98 Å². The molecule has 8 heteroatoms. The van der Waals surface area contributed by atoms with E-state index in [0.717, 1.165) is 4.57 Å². The van der Waals surface area contributed by atoms with Crippen molar-refractivity contribution in [1.29, 1.82) is 0 Å². The van der Waals surface area contributed by atoms with Crippen LogP contribution in [0.5, 0.6) is 0 Å². The standard InChI is InChI=1S/C11H12N2O6/c1-5-2-13(11(18)12-9(5)17)10-6(3-14)8(16)7(4-15)19-10/h2,7-8,10,15-16H,4H2,1H3,(H,12,17,18)/t7-,8+,10-/m1/s1. The summed E-state index contributed by atoms with van der Waals surface area (Å²) in [6.07, 6.45) is -2.32. The number of carbonyl (C=O) groups excluding carboxylic acids is 1. The van der Waals surface area contributed by atoms with Crippen molar-refractivity contribution in [3.05, 3.63) is 38.2 Å². The van der Waals surface area contributed by atoms with Crippen LogP contribution in [0.2, 0.25) is 0 Å². The topological polar surface area (TPSA) is 122 Å². The Labute approximate surface area is 106 Å². The first kappa shape index (κ1) is 13.4. The quantitative estimate of drug-likeness (QED) is 0.526. The minimum absolute atomic E-state index is 0.201. The zero-order valence-corrected chi connectivity index (χ0v) is 9.99. The predicted octanol–water partition coefficient (Wildman–Crippen LogP) is -2.15. The van der Waals surface area contributed by atoms with Crippen LogP contribution in [0.15, 0.2) is 21.4 Å². The van der Waals surface area contributed by atoms with Gasteiger partial charge in [-0.2, -0.15) is 0 Å². The highest BCUT2D eigenvalue weighted by atomic mass is 16.5. The van der Waals surface area contributed by atoms with E-state index >= 15 is 0 Å². The van der Waals surface area contributed by atoms with Gasteiger partial charge in [-0.1, -0.05) is 0 Å². The summed E-state index contributed by atoms with van der Waals surface area (Å²) in [6.45, 7) is 0.966. The third kappa shape index (κ3) is 2.18. The molecule has 0 spiro atoms. The normalized spacial score (nSPS) is 26.5. The van der Waals surface area contributed by atoms with Gasteiger partial charge in [0.25, 0.3) is 5.56 Å². The Kier molecular flexibility index (Phi) is 3.50. The van der Waals surface area contributed by atoms with Gasteiger partial charge < -0.3 is 14.9 Å². The molecular formula is C11H12N2O6. The largest absolute Gasteiger partial charge is 0.394 e. The SMILES string of the molecule is Cc1cn([C@@H]2O[C@H](CO)[C@@H](O)C2=C=O)c(=O)[nH]c1=O. The number of rotatable bonds is 2. The molecule has 19 heavy (non-hydrogen) atoms. The maximum Gasteiger partial charge on any atom is 0.330 e. The first-order valence-corrected chi connectivity index (χ1v) is 5.51. The third-order valence-electron chi connectivity index (χ3n) is 2.94. The maximum absolute atomic E-state index is 11.7. The fourth-order valence-corrected chi connectivity index (χ4v) is 1.89. The summed E-state index contributed by atoms with van der Waals surface area (Å²) in [5, 5.41) is 18.7. The zero-order valence-electron chi connectivity index (χ0n) is 9.99. The summed E-state index contributed by atoms with van der Waals surface area (Å²) < 4.78 is 6.20. The Morgan fingerprint density at radius 2 is 2.21 bits per heavy atom. The van der Waals surface area contributed by atoms with Gasteiger partial charge in [0.2, 0.25) is 0 Å². The Morgan fingerprint density at radius 3 is 2.79 bits per heavy atom. The van der Waals surface area contributed by atoms with Crippen LogP contribution in [0, 0.1) is 6.92 Å². The lowest BCUT2D eigenvalue weighted by molar-refractivity contribution is -0.0448. The highest BCUT2D eigenvalue weighted by Crippen LogP contribution is 2.31. The minimum Gasteiger partial charge on any atom is -0.394 e. The smallest absolute Gasteiger partial charge is 0.330 e. The fourth-order valence-electron chi connectivity index (χ4n) is 1.89. The van der Waals surface area contributed by atoms with Crippen molar-refractivity contribution in [1.82, 2.24) is 9.55 Å². The van der Waals surface area contributed by atoms with E-state index in [-0.39, 0.29) is 11.1 Å². The zero-order chi connectivity index (χ0) is 14.2. The van der Waals surface area contributed by atoms with E-state index in [0.29, 0.717) is 0 Å². The number of aromatic nitrogens is 2. The predicted molar refractivity (Wildman–Crippen MR) is 62.3 cm³/mol. The van der Waals surface area contributed by atoms with Crippen LogP contribution >= 0.6 is 0 Å². The van der Waals surface area contributed by atoms with E-state index in [9.17, 15) is 19.5 Å². The monoisotopic (exact) mass is 268 g/mol. The van der Waals surface area contributed by atoms with Crippen molar-refractivity contribution < 1.29 is 19.7 Å². The molecule has 102 valence electrons. The van der Waals surface area contributed by atoms with Crippen LogP contribution in [0.3, 0.4) is 0 Å². The molecule has 0 amide bonds. The second-order valence-corrected chi connectivity index (χ2v) is 4.19. The Morgan fingerprint density at radius 1 is 1.53 bits per heavy atom. The summed E-state index contributed by atoms with van der Waals surface area (Å²) in [5.74, 6) is 1.52. The third-order valence-corrected chi connectivity index (χ3v) is 2.94. The van der Waals surface area contributed by atoms with Crippen LogP contribution in [-0.2, 0) is 9.53 Å². The number of aromatic amines is 1. The van der Waals surface area contributed by atoms with Crippen LogP contribution in [-0.4, -0.2) is 44.5 Å². The molecule has 0 unspecified atom stereocenters. The summed E-state index contributed by atoms with van der Waals surface area (Å²) in [6, 6.07) is 0. The second kappa shape index (κ2) is 4.94. The molecule has 3 atom stereocenters. The minimum atomic E-state index is -1.34. The molecule has 1 fully saturated rings. The van der Waals surface area contributed by atoms with Crippen LogP contribution < -0.4 is 11.2 Å². The van der Waals surface area contributed by atoms with Crippen molar-refractivity contribution in [2.75, 3.05) is 6.61 Å². The molecule has 8 nitrogen and oxygen atoms in total. The summed E-state index contributed by atoms with van der Waals surface area (Å²) in [5.41, 5.74) is -1.28. The molecule has 1 aromatic rings. The summed E-state index contributed by atoms with van der Waals surface area (Å²) in [7, 11) is 0. The van der Waals surface area contributed by atoms with Gasteiger partial charge in [-0.15, -0.1) is 0 Å². The summed E-state index contributed by atoms with van der Waals surface area (Å²) >= 11 is 0. The van der Waals surface area contributed by atoms with Crippen molar-refractivity contribution in [3.8, 4) is 0 Å². The summed E-state index contributed by atoms with van der Waals surface area (Å²) in [4.78, 5) is 35.9. The van der Waals surface area contributed by atoms with Gasteiger partial charge in [0.15, 0.2) is 6.23 Å². The van der Waals surface area contributed by atoms with Gasteiger partial charge >= 0.3 is 5.69 Å².